The van der Waals surface area contributed by atoms with E-state index in [1.54, 1.807) is 0 Å². The van der Waals surface area contributed by atoms with Crippen molar-refractivity contribution in [2.45, 2.75) is 373 Å². The first-order valence-electron chi connectivity index (χ1n) is 39.2. The van der Waals surface area contributed by atoms with E-state index >= 15 is 0 Å². The van der Waals surface area contributed by atoms with Crippen LogP contribution in [0, 0.1) is 0 Å². The Labute approximate surface area is 592 Å². The van der Waals surface area contributed by atoms with Gasteiger partial charge in [-0.25, -0.2) is 9.13 Å². The van der Waals surface area contributed by atoms with Crippen molar-refractivity contribution in [3.63, 3.8) is 0 Å². The van der Waals surface area contributed by atoms with Crippen LogP contribution in [0.2, 0.25) is 0 Å². The Morgan fingerprint density at radius 1 is 0.289 bits per heavy atom. The number of ether oxygens (including phenoxy) is 3. The fourth-order valence-electron chi connectivity index (χ4n) is 10.9. The van der Waals surface area contributed by atoms with Gasteiger partial charge in [0.15, 0.2) is 6.10 Å². The van der Waals surface area contributed by atoms with Gasteiger partial charge in [0.2, 0.25) is 0 Å². The number of allylic oxidation sites excluding steroid dienone is 12. The summed E-state index contributed by atoms with van der Waals surface area (Å²) in [5.74, 6) is -1.57. The van der Waals surface area contributed by atoms with Gasteiger partial charge in [0.1, 0.15) is 25.4 Å². The van der Waals surface area contributed by atoms with Gasteiger partial charge in [-0.05, 0) is 96.3 Å². The van der Waals surface area contributed by atoms with Crippen molar-refractivity contribution in [2.24, 2.45) is 0 Å². The number of esters is 3. The van der Waals surface area contributed by atoms with E-state index in [0.29, 0.717) is 19.3 Å². The number of phosphoric ester groups is 2. The summed E-state index contributed by atoms with van der Waals surface area (Å²) in [6, 6.07) is 0. The highest BCUT2D eigenvalue weighted by molar-refractivity contribution is 7.47. The number of aliphatic hydroxyl groups excluding tert-OH is 2. The summed E-state index contributed by atoms with van der Waals surface area (Å²) in [6.45, 7) is 2.66. The maximum absolute atomic E-state index is 12.9. The average Bonchev–Trinajstić information content (AvgIpc) is 1.84. The van der Waals surface area contributed by atoms with Crippen LogP contribution in [0.4, 0.5) is 0 Å². The molecule has 0 amide bonds. The van der Waals surface area contributed by atoms with Crippen molar-refractivity contribution in [1.29, 1.82) is 0 Å². The molecule has 0 aliphatic rings. The molecule has 5 atom stereocenters. The minimum atomic E-state index is -4.92. The predicted molar refractivity (Wildman–Crippen MR) is 399 cm³/mol. The largest absolute Gasteiger partial charge is 0.472 e. The molecular weight excluding hydrogens is 1270 g/mol. The van der Waals surface area contributed by atoms with Gasteiger partial charge in [-0.2, -0.15) is 0 Å². The lowest BCUT2D eigenvalue weighted by atomic mass is 10.0. The van der Waals surface area contributed by atoms with E-state index in [-0.39, 0.29) is 19.3 Å². The number of hydrogen-bond donors (Lipinski definition) is 4. The Bertz CT molecular complexity index is 2060. The number of carbonyl (C=O) groups excluding carboxylic acids is 3. The molecule has 0 fully saturated rings. The summed E-state index contributed by atoms with van der Waals surface area (Å²) in [4.78, 5) is 58.5. The van der Waals surface area contributed by atoms with E-state index < -0.39 is 91.5 Å². The summed E-state index contributed by atoms with van der Waals surface area (Å²) < 4.78 is 61.1. The molecule has 0 aromatic heterocycles. The fraction of sp³-hybridized carbons (Fsp3) is 0.810. The highest BCUT2D eigenvalue weighted by Crippen LogP contribution is 2.45. The van der Waals surface area contributed by atoms with E-state index in [2.05, 4.69) is 93.7 Å². The predicted octanol–water partition coefficient (Wildman–Crippen LogP) is 22.7. The van der Waals surface area contributed by atoms with Crippen LogP contribution < -0.4 is 0 Å². The molecule has 0 aliphatic carbocycles. The van der Waals surface area contributed by atoms with E-state index in [4.69, 9.17) is 32.3 Å². The summed E-state index contributed by atoms with van der Waals surface area (Å²) in [7, 11) is -9.77. The lowest BCUT2D eigenvalue weighted by Crippen LogP contribution is -2.30. The van der Waals surface area contributed by atoms with Crippen LogP contribution in [0.3, 0.4) is 0 Å². The highest BCUT2D eigenvalue weighted by Gasteiger charge is 2.29. The van der Waals surface area contributed by atoms with Crippen LogP contribution in [0.1, 0.15) is 355 Å². The Morgan fingerprint density at radius 2 is 0.515 bits per heavy atom. The molecule has 97 heavy (non-hydrogen) atoms. The second-order valence-corrected chi connectivity index (χ2v) is 29.4. The first-order chi connectivity index (χ1) is 47.2. The van der Waals surface area contributed by atoms with Crippen molar-refractivity contribution in [3.8, 4) is 0 Å². The third kappa shape index (κ3) is 74.0. The van der Waals surface area contributed by atoms with Crippen LogP contribution in [0.25, 0.3) is 0 Å². The molecular formula is C79H144O16P2. The monoisotopic (exact) mass is 1410 g/mol. The van der Waals surface area contributed by atoms with Gasteiger partial charge < -0.3 is 34.2 Å². The first kappa shape index (κ1) is 94.0. The molecule has 0 saturated carbocycles. The number of unbranched alkanes of at least 4 members (excludes halogenated alkanes) is 40. The average molecular weight is 1410 g/mol. The van der Waals surface area contributed by atoms with Crippen molar-refractivity contribution in [1.82, 2.24) is 0 Å². The molecule has 566 valence electrons. The minimum absolute atomic E-state index is 0.108. The van der Waals surface area contributed by atoms with Gasteiger partial charge in [0.25, 0.3) is 0 Å². The van der Waals surface area contributed by atoms with E-state index in [1.165, 1.54) is 186 Å². The molecule has 4 N–H and O–H groups in total. The van der Waals surface area contributed by atoms with E-state index in [0.717, 1.165) is 109 Å². The molecule has 0 heterocycles. The number of carbonyl (C=O) groups is 3. The summed E-state index contributed by atoms with van der Waals surface area (Å²) >= 11 is 0. The standard InChI is InChI=1S/C79H144O16P2/c1-4-7-10-13-16-19-22-25-28-29-30-31-32-33-34-35-36-37-38-39-40-41-42-43-46-48-50-53-56-59-62-65-77(82)89-68-74(80)69-91-96(85,86)92-70-75(81)71-93-97(87,88)94-73-76(95-79(84)67-64-61-58-55-52-49-45-27-24-21-18-15-12-9-6-3)72-90-78(83)66-63-60-57-54-51-47-44-26-23-20-17-14-11-8-5-2/h16-17,19-20,25-26,28,30-31,33-34,44,74-76,80-81H,4-15,18,21-24,27,29,32,35-43,45-73H2,1-3H3,(H,85,86)(H,87,88)/b19-16-,20-17-,28-25-,31-30-,34-33-,44-26-. The second-order valence-electron chi connectivity index (χ2n) is 26.5. The molecule has 16 nitrogen and oxygen atoms in total. The van der Waals surface area contributed by atoms with Crippen molar-refractivity contribution in [2.75, 3.05) is 39.6 Å². The maximum atomic E-state index is 12.9. The van der Waals surface area contributed by atoms with Crippen LogP contribution in [0.15, 0.2) is 72.9 Å². The third-order valence-corrected chi connectivity index (χ3v) is 18.8. The Hall–Kier alpha value is -3.01. The number of hydrogen-bond acceptors (Lipinski definition) is 14. The zero-order valence-electron chi connectivity index (χ0n) is 61.8. The van der Waals surface area contributed by atoms with Crippen molar-refractivity contribution < 1.29 is 75.8 Å². The van der Waals surface area contributed by atoms with Crippen LogP contribution >= 0.6 is 15.6 Å². The van der Waals surface area contributed by atoms with Gasteiger partial charge in [-0.1, -0.05) is 312 Å². The van der Waals surface area contributed by atoms with Gasteiger partial charge in [-0.15, -0.1) is 0 Å². The normalized spacial score (nSPS) is 14.4. The molecule has 0 aromatic carbocycles. The zero-order valence-corrected chi connectivity index (χ0v) is 63.5. The number of phosphoric acid groups is 2. The van der Waals surface area contributed by atoms with Gasteiger partial charge in [0, 0.05) is 19.3 Å². The second kappa shape index (κ2) is 72.8. The summed E-state index contributed by atoms with van der Waals surface area (Å²) in [5, 5.41) is 20.6. The number of aliphatic hydroxyl groups is 2. The molecule has 0 aromatic rings. The van der Waals surface area contributed by atoms with E-state index in [9.17, 15) is 43.5 Å². The lowest BCUT2D eigenvalue weighted by Gasteiger charge is -2.21. The summed E-state index contributed by atoms with van der Waals surface area (Å²) in [6.07, 6.45) is 79.6. The molecule has 0 saturated heterocycles. The van der Waals surface area contributed by atoms with Crippen LogP contribution in [-0.2, 0) is 55.8 Å². The molecule has 0 aliphatic heterocycles. The van der Waals surface area contributed by atoms with Gasteiger partial charge in [0.05, 0.1) is 26.4 Å². The highest BCUT2D eigenvalue weighted by atomic mass is 31.2. The summed E-state index contributed by atoms with van der Waals surface area (Å²) in [5.41, 5.74) is 0. The van der Waals surface area contributed by atoms with Crippen molar-refractivity contribution in [3.05, 3.63) is 72.9 Å². The van der Waals surface area contributed by atoms with Crippen LogP contribution in [0.5, 0.6) is 0 Å². The Balaban J connectivity index is 4.41. The molecule has 0 rings (SSSR count). The minimum Gasteiger partial charge on any atom is -0.463 e. The molecule has 0 spiro atoms. The fourth-order valence-corrected chi connectivity index (χ4v) is 12.5. The smallest absolute Gasteiger partial charge is 0.463 e. The molecule has 0 radical (unpaired) electrons. The molecule has 0 bridgehead atoms. The molecule has 5 unspecified atom stereocenters. The number of rotatable bonds is 75. The van der Waals surface area contributed by atoms with E-state index in [1.807, 2.05) is 0 Å². The third-order valence-electron chi connectivity index (χ3n) is 16.9. The van der Waals surface area contributed by atoms with Gasteiger partial charge >= 0.3 is 33.6 Å². The van der Waals surface area contributed by atoms with Crippen molar-refractivity contribution >= 4 is 33.6 Å². The molecule has 18 heteroatoms. The lowest BCUT2D eigenvalue weighted by molar-refractivity contribution is -0.161. The maximum Gasteiger partial charge on any atom is 0.472 e. The first-order valence-corrected chi connectivity index (χ1v) is 42.2. The SMILES string of the molecule is CCCCC/C=C\C/C=C\C/C=C\C/C=C\CCCCCCCCCCCCCCCCCC(=O)OCC(O)COP(=O)(O)OCC(O)COP(=O)(O)OCC(COC(=O)CCCCCCC/C=C\C/C=C\CCCCC)OC(=O)CCCCCCCCCCCCCCCCC. The quantitative estimate of drug-likeness (QED) is 0.0146. The van der Waals surface area contributed by atoms with Crippen LogP contribution in [-0.4, -0.2) is 95.9 Å². The Kier molecular flexibility index (Phi) is 70.5. The zero-order chi connectivity index (χ0) is 70.9. The van der Waals surface area contributed by atoms with Gasteiger partial charge in [-0.3, -0.25) is 32.5 Å². The topological polar surface area (TPSA) is 231 Å². The Morgan fingerprint density at radius 3 is 0.835 bits per heavy atom.